The molecule has 0 bridgehead atoms. The summed E-state index contributed by atoms with van der Waals surface area (Å²) >= 11 is 0. The van der Waals surface area contributed by atoms with Crippen molar-refractivity contribution in [3.05, 3.63) is 28.8 Å². The van der Waals surface area contributed by atoms with E-state index in [1.807, 2.05) is 13.8 Å². The Morgan fingerprint density at radius 2 is 1.96 bits per heavy atom. The Labute approximate surface area is 138 Å². The largest absolute Gasteiger partial charge is 0.333 e. The third-order valence-electron chi connectivity index (χ3n) is 4.39. The minimum Gasteiger partial charge on any atom is -0.333 e. The lowest BCUT2D eigenvalue weighted by molar-refractivity contribution is 0.0655. The number of nitrogens with zero attached hydrogens (tertiary/aromatic N) is 2. The van der Waals surface area contributed by atoms with Gasteiger partial charge in [-0.25, -0.2) is 12.7 Å². The second kappa shape index (κ2) is 6.59. The first-order chi connectivity index (χ1) is 10.7. The summed E-state index contributed by atoms with van der Waals surface area (Å²) in [6.45, 7) is 7.73. The summed E-state index contributed by atoms with van der Waals surface area (Å²) in [5.74, 6) is -0.114. The number of sulfonamides is 1. The fraction of sp³-hybridized carbons (Fsp3) is 0.562. The zero-order chi connectivity index (χ0) is 17.4. The van der Waals surface area contributed by atoms with Crippen LogP contribution in [0.3, 0.4) is 0 Å². The molecule has 0 aromatic heterocycles. The zero-order valence-electron chi connectivity index (χ0n) is 14.4. The van der Waals surface area contributed by atoms with Gasteiger partial charge in [0.15, 0.2) is 0 Å². The summed E-state index contributed by atoms with van der Waals surface area (Å²) in [7, 11) is -0.586. The maximum Gasteiger partial charge on any atom is 0.254 e. The van der Waals surface area contributed by atoms with Crippen molar-refractivity contribution in [2.75, 3.05) is 33.7 Å². The van der Waals surface area contributed by atoms with E-state index in [0.717, 1.165) is 18.7 Å². The van der Waals surface area contributed by atoms with Crippen LogP contribution in [0.1, 0.15) is 28.4 Å². The van der Waals surface area contributed by atoms with E-state index in [1.165, 1.54) is 24.5 Å². The second-order valence-electron chi connectivity index (χ2n) is 6.26. The van der Waals surface area contributed by atoms with Crippen LogP contribution in [0.5, 0.6) is 0 Å². The van der Waals surface area contributed by atoms with Crippen LogP contribution < -0.4 is 5.32 Å². The van der Waals surface area contributed by atoms with E-state index in [9.17, 15) is 13.2 Å². The van der Waals surface area contributed by atoms with Crippen molar-refractivity contribution in [3.63, 3.8) is 0 Å². The summed E-state index contributed by atoms with van der Waals surface area (Å²) in [5.41, 5.74) is 1.92. The fourth-order valence-electron chi connectivity index (χ4n) is 2.72. The van der Waals surface area contributed by atoms with Crippen molar-refractivity contribution < 1.29 is 13.2 Å². The van der Waals surface area contributed by atoms with E-state index in [1.54, 1.807) is 17.9 Å². The molecule has 0 radical (unpaired) electrons. The quantitative estimate of drug-likeness (QED) is 0.891. The summed E-state index contributed by atoms with van der Waals surface area (Å²) in [6, 6.07) is 3.38. The van der Waals surface area contributed by atoms with E-state index >= 15 is 0 Å². The van der Waals surface area contributed by atoms with Gasteiger partial charge in [-0.1, -0.05) is 0 Å². The Morgan fingerprint density at radius 1 is 1.30 bits per heavy atom. The van der Waals surface area contributed by atoms with Gasteiger partial charge in [0.2, 0.25) is 10.0 Å². The predicted octanol–water partition coefficient (Wildman–Crippen LogP) is 0.988. The highest BCUT2D eigenvalue weighted by Crippen LogP contribution is 2.24. The van der Waals surface area contributed by atoms with Gasteiger partial charge in [-0.15, -0.1) is 0 Å². The molecular weight excluding hydrogens is 314 g/mol. The molecule has 1 atom stereocenters. The zero-order valence-corrected chi connectivity index (χ0v) is 15.2. The monoisotopic (exact) mass is 339 g/mol. The summed E-state index contributed by atoms with van der Waals surface area (Å²) in [5, 5.41) is 3.25. The van der Waals surface area contributed by atoms with E-state index in [4.69, 9.17) is 0 Å². The van der Waals surface area contributed by atoms with Gasteiger partial charge in [0, 0.05) is 45.3 Å². The number of aryl methyl sites for hydroxylation is 1. The molecule has 1 N–H and O–H groups in total. The Kier molecular flexibility index (Phi) is 5.13. The predicted molar refractivity (Wildman–Crippen MR) is 90.2 cm³/mol. The smallest absolute Gasteiger partial charge is 0.254 e. The van der Waals surface area contributed by atoms with E-state index < -0.39 is 10.0 Å². The number of hydrogen-bond donors (Lipinski definition) is 1. The van der Waals surface area contributed by atoms with Crippen molar-refractivity contribution in [1.29, 1.82) is 0 Å². The maximum absolute atomic E-state index is 12.8. The van der Waals surface area contributed by atoms with E-state index in [0.29, 0.717) is 17.7 Å². The topological polar surface area (TPSA) is 69.7 Å². The fourth-order valence-corrected chi connectivity index (χ4v) is 3.94. The highest BCUT2D eigenvalue weighted by atomic mass is 32.2. The van der Waals surface area contributed by atoms with Crippen LogP contribution in [0, 0.1) is 13.8 Å². The van der Waals surface area contributed by atoms with Crippen LogP contribution in [-0.4, -0.2) is 63.3 Å². The van der Waals surface area contributed by atoms with Gasteiger partial charge in [-0.05, 0) is 44.0 Å². The first kappa shape index (κ1) is 17.9. The average molecular weight is 339 g/mol. The lowest BCUT2D eigenvalue weighted by Crippen LogP contribution is -2.52. The number of piperazine rings is 1. The summed E-state index contributed by atoms with van der Waals surface area (Å²) < 4.78 is 26.2. The molecule has 0 spiro atoms. The number of carbonyl (C=O) groups excluding carboxylic acids is 1. The van der Waals surface area contributed by atoms with Gasteiger partial charge in [0.25, 0.3) is 5.91 Å². The number of hydrogen-bond acceptors (Lipinski definition) is 4. The third kappa shape index (κ3) is 3.41. The molecule has 2 rings (SSSR count). The lowest BCUT2D eigenvalue weighted by Gasteiger charge is -2.34. The highest BCUT2D eigenvalue weighted by Gasteiger charge is 2.27. The molecule has 1 aromatic carbocycles. The number of amides is 1. The normalized spacial score (nSPS) is 19.2. The molecule has 1 fully saturated rings. The Hall–Kier alpha value is -1.44. The molecule has 1 aromatic rings. The minimum atomic E-state index is -3.58. The molecule has 7 heteroatoms. The molecule has 1 aliphatic heterocycles. The molecule has 0 saturated carbocycles. The van der Waals surface area contributed by atoms with Gasteiger partial charge < -0.3 is 10.2 Å². The minimum absolute atomic E-state index is 0.0896. The standard InChI is InChI=1S/C16H25N3O3S/c1-11-8-14(16(20)19-7-6-17-10-12(19)2)9-15(13(11)3)23(21,22)18(4)5/h8-9,12,17H,6-7,10H2,1-5H3/t12-/m1/s1. The van der Waals surface area contributed by atoms with Crippen LogP contribution in [0.25, 0.3) is 0 Å². The van der Waals surface area contributed by atoms with Crippen molar-refractivity contribution in [3.8, 4) is 0 Å². The van der Waals surface area contributed by atoms with Gasteiger partial charge in [0.05, 0.1) is 4.90 Å². The molecule has 1 heterocycles. The van der Waals surface area contributed by atoms with Crippen LogP contribution >= 0.6 is 0 Å². The molecule has 1 saturated heterocycles. The molecule has 0 unspecified atom stereocenters. The number of rotatable bonds is 3. The number of carbonyl (C=O) groups is 1. The lowest BCUT2D eigenvalue weighted by atomic mass is 10.0. The summed E-state index contributed by atoms with van der Waals surface area (Å²) in [6.07, 6.45) is 0. The van der Waals surface area contributed by atoms with Crippen molar-refractivity contribution in [1.82, 2.24) is 14.5 Å². The molecule has 1 amide bonds. The Morgan fingerprint density at radius 3 is 2.52 bits per heavy atom. The Balaban J connectivity index is 2.49. The van der Waals surface area contributed by atoms with Crippen LogP contribution in [0.4, 0.5) is 0 Å². The second-order valence-corrected chi connectivity index (χ2v) is 8.38. The van der Waals surface area contributed by atoms with E-state index in [2.05, 4.69) is 5.32 Å². The van der Waals surface area contributed by atoms with Gasteiger partial charge in [-0.3, -0.25) is 4.79 Å². The summed E-state index contributed by atoms with van der Waals surface area (Å²) in [4.78, 5) is 14.8. The van der Waals surface area contributed by atoms with Crippen LogP contribution in [-0.2, 0) is 10.0 Å². The Bertz CT molecular complexity index is 714. The molecular formula is C16H25N3O3S. The molecule has 1 aliphatic rings. The van der Waals surface area contributed by atoms with Gasteiger partial charge in [-0.2, -0.15) is 0 Å². The molecule has 0 aliphatic carbocycles. The average Bonchev–Trinajstić information content (AvgIpc) is 2.49. The van der Waals surface area contributed by atoms with E-state index in [-0.39, 0.29) is 16.8 Å². The highest BCUT2D eigenvalue weighted by molar-refractivity contribution is 7.89. The van der Waals surface area contributed by atoms with Crippen molar-refractivity contribution in [2.45, 2.75) is 31.7 Å². The molecule has 23 heavy (non-hydrogen) atoms. The van der Waals surface area contributed by atoms with Crippen LogP contribution in [0.2, 0.25) is 0 Å². The van der Waals surface area contributed by atoms with Gasteiger partial charge in [0.1, 0.15) is 0 Å². The molecule has 6 nitrogen and oxygen atoms in total. The van der Waals surface area contributed by atoms with Crippen molar-refractivity contribution in [2.24, 2.45) is 0 Å². The van der Waals surface area contributed by atoms with Gasteiger partial charge >= 0.3 is 0 Å². The number of nitrogens with one attached hydrogen (secondary N) is 1. The first-order valence-corrected chi connectivity index (χ1v) is 9.15. The SMILES string of the molecule is Cc1cc(C(=O)N2CCNC[C@H]2C)cc(S(=O)(=O)N(C)C)c1C. The number of benzene rings is 1. The maximum atomic E-state index is 12.8. The first-order valence-electron chi connectivity index (χ1n) is 7.71. The van der Waals surface area contributed by atoms with Crippen molar-refractivity contribution >= 4 is 15.9 Å². The third-order valence-corrected chi connectivity index (χ3v) is 6.33. The molecule has 128 valence electrons. The van der Waals surface area contributed by atoms with Crippen LogP contribution in [0.15, 0.2) is 17.0 Å².